The second kappa shape index (κ2) is 4.19. The Morgan fingerprint density at radius 3 is 2.60 bits per heavy atom. The van der Waals surface area contributed by atoms with Crippen LogP contribution in [0.25, 0.3) is 5.69 Å². The van der Waals surface area contributed by atoms with Crippen molar-refractivity contribution in [3.63, 3.8) is 0 Å². The number of benzene rings is 1. The highest BCUT2D eigenvalue weighted by molar-refractivity contribution is 6.30. The highest BCUT2D eigenvalue weighted by Gasteiger charge is 2.00. The zero-order valence-electron chi connectivity index (χ0n) is 7.97. The van der Waals surface area contributed by atoms with E-state index in [-0.39, 0.29) is 0 Å². The molecule has 2 aromatic rings. The lowest BCUT2D eigenvalue weighted by molar-refractivity contribution is 1.06. The first kappa shape index (κ1) is 9.80. The van der Waals surface area contributed by atoms with Crippen molar-refractivity contribution >= 4 is 17.8 Å². The van der Waals surface area contributed by atoms with Gasteiger partial charge in [0.2, 0.25) is 0 Å². The van der Waals surface area contributed by atoms with Gasteiger partial charge in [0.1, 0.15) is 0 Å². The Morgan fingerprint density at radius 1 is 1.20 bits per heavy atom. The Bertz CT molecular complexity index is 471. The number of aromatic nitrogens is 1. The minimum Gasteiger partial charge on any atom is -0.323 e. The van der Waals surface area contributed by atoms with Crippen LogP contribution in [0.5, 0.6) is 0 Å². The van der Waals surface area contributed by atoms with Crippen LogP contribution in [0.1, 0.15) is 5.69 Å². The van der Waals surface area contributed by atoms with Crippen LogP contribution < -0.4 is 5.84 Å². The molecule has 1 heterocycles. The Kier molecular flexibility index (Phi) is 2.74. The predicted molar refractivity (Wildman–Crippen MR) is 62.6 cm³/mol. The zero-order valence-corrected chi connectivity index (χ0v) is 8.72. The maximum absolute atomic E-state index is 5.82. The van der Waals surface area contributed by atoms with E-state index >= 15 is 0 Å². The van der Waals surface area contributed by atoms with Crippen molar-refractivity contribution in [1.29, 1.82) is 0 Å². The van der Waals surface area contributed by atoms with E-state index in [4.69, 9.17) is 17.4 Å². The average molecular weight is 220 g/mol. The lowest BCUT2D eigenvalue weighted by atomic mass is 10.3. The van der Waals surface area contributed by atoms with Crippen LogP contribution in [0.2, 0.25) is 5.02 Å². The molecule has 0 unspecified atom stereocenters. The van der Waals surface area contributed by atoms with Crippen molar-refractivity contribution in [2.75, 3.05) is 0 Å². The number of hydrazone groups is 1. The summed E-state index contributed by atoms with van der Waals surface area (Å²) in [5, 5.41) is 4.23. The summed E-state index contributed by atoms with van der Waals surface area (Å²) in [5.74, 6) is 5.13. The second-order valence-electron chi connectivity index (χ2n) is 3.06. The number of hydrogen-bond acceptors (Lipinski definition) is 2. The van der Waals surface area contributed by atoms with Gasteiger partial charge >= 0.3 is 0 Å². The van der Waals surface area contributed by atoms with Gasteiger partial charge in [-0.25, -0.2) is 0 Å². The van der Waals surface area contributed by atoms with Crippen LogP contribution in [0, 0.1) is 0 Å². The van der Waals surface area contributed by atoms with Crippen molar-refractivity contribution in [3.05, 3.63) is 53.3 Å². The minimum atomic E-state index is 0.722. The number of nitrogens with two attached hydrogens (primary N) is 1. The molecule has 0 spiro atoms. The molecule has 2 rings (SSSR count). The fourth-order valence-electron chi connectivity index (χ4n) is 1.41. The van der Waals surface area contributed by atoms with Gasteiger partial charge in [-0.05, 0) is 36.4 Å². The Balaban J connectivity index is 2.44. The second-order valence-corrected chi connectivity index (χ2v) is 3.49. The van der Waals surface area contributed by atoms with E-state index in [1.165, 1.54) is 0 Å². The molecule has 0 fully saturated rings. The molecule has 0 aliphatic heterocycles. The van der Waals surface area contributed by atoms with Gasteiger partial charge < -0.3 is 10.4 Å². The van der Waals surface area contributed by atoms with Gasteiger partial charge in [-0.15, -0.1) is 0 Å². The van der Waals surface area contributed by atoms with E-state index in [9.17, 15) is 0 Å². The smallest absolute Gasteiger partial charge is 0.0706 e. The first-order chi connectivity index (χ1) is 7.31. The fraction of sp³-hybridized carbons (Fsp3) is 0. The van der Waals surface area contributed by atoms with Gasteiger partial charge in [0.25, 0.3) is 0 Å². The van der Waals surface area contributed by atoms with Crippen LogP contribution in [-0.2, 0) is 0 Å². The van der Waals surface area contributed by atoms with Crippen LogP contribution in [0.4, 0.5) is 0 Å². The summed E-state index contributed by atoms with van der Waals surface area (Å²) in [6.07, 6.45) is 3.55. The molecule has 0 aliphatic rings. The molecule has 0 saturated carbocycles. The van der Waals surface area contributed by atoms with Crippen molar-refractivity contribution in [1.82, 2.24) is 4.57 Å². The highest BCUT2D eigenvalue weighted by atomic mass is 35.5. The summed E-state index contributed by atoms with van der Waals surface area (Å²) in [6.45, 7) is 0. The SMILES string of the molecule is NN=Cc1cccn1-c1ccc(Cl)cc1. The molecular formula is C11H10ClN3. The number of halogens is 1. The fourth-order valence-corrected chi connectivity index (χ4v) is 1.54. The third-order valence-corrected chi connectivity index (χ3v) is 2.34. The molecule has 2 N–H and O–H groups in total. The lowest BCUT2D eigenvalue weighted by Crippen LogP contribution is -1.98. The number of rotatable bonds is 2. The van der Waals surface area contributed by atoms with E-state index in [2.05, 4.69) is 5.10 Å². The monoisotopic (exact) mass is 219 g/mol. The standard InChI is InChI=1S/C11H10ClN3/c12-9-3-5-10(6-4-9)15-7-1-2-11(15)8-14-13/h1-8H,13H2. The first-order valence-electron chi connectivity index (χ1n) is 4.48. The summed E-state index contributed by atoms with van der Waals surface area (Å²) in [4.78, 5) is 0. The predicted octanol–water partition coefficient (Wildman–Crippen LogP) is 2.42. The molecule has 0 aliphatic carbocycles. The molecule has 0 radical (unpaired) electrons. The van der Waals surface area contributed by atoms with Crippen LogP contribution in [-0.4, -0.2) is 10.8 Å². The molecule has 4 heteroatoms. The van der Waals surface area contributed by atoms with Gasteiger partial charge in [0.05, 0.1) is 11.9 Å². The van der Waals surface area contributed by atoms with E-state index in [0.717, 1.165) is 16.4 Å². The molecule has 0 atom stereocenters. The molecule has 0 bridgehead atoms. The number of nitrogens with zero attached hydrogens (tertiary/aromatic N) is 2. The van der Waals surface area contributed by atoms with Crippen molar-refractivity contribution in [3.8, 4) is 5.69 Å². The Morgan fingerprint density at radius 2 is 1.93 bits per heavy atom. The molecule has 1 aromatic carbocycles. The van der Waals surface area contributed by atoms with Crippen molar-refractivity contribution < 1.29 is 0 Å². The number of hydrogen-bond donors (Lipinski definition) is 1. The molecular weight excluding hydrogens is 210 g/mol. The topological polar surface area (TPSA) is 43.3 Å². The maximum atomic E-state index is 5.82. The quantitative estimate of drug-likeness (QED) is 0.471. The third kappa shape index (κ3) is 2.02. The van der Waals surface area contributed by atoms with E-state index in [1.807, 2.05) is 47.2 Å². The Labute approximate surface area is 92.8 Å². The van der Waals surface area contributed by atoms with Crippen LogP contribution in [0.3, 0.4) is 0 Å². The first-order valence-corrected chi connectivity index (χ1v) is 4.85. The van der Waals surface area contributed by atoms with Crippen LogP contribution in [0.15, 0.2) is 47.7 Å². The van der Waals surface area contributed by atoms with Crippen molar-refractivity contribution in [2.24, 2.45) is 10.9 Å². The van der Waals surface area contributed by atoms with E-state index in [1.54, 1.807) is 6.21 Å². The van der Waals surface area contributed by atoms with Crippen LogP contribution >= 0.6 is 11.6 Å². The molecule has 1 aromatic heterocycles. The molecule has 15 heavy (non-hydrogen) atoms. The highest BCUT2D eigenvalue weighted by Crippen LogP contribution is 2.15. The maximum Gasteiger partial charge on any atom is 0.0706 e. The minimum absolute atomic E-state index is 0.722. The Hall–Kier alpha value is -1.74. The molecule has 76 valence electrons. The summed E-state index contributed by atoms with van der Waals surface area (Å²) in [7, 11) is 0. The summed E-state index contributed by atoms with van der Waals surface area (Å²) >= 11 is 5.82. The summed E-state index contributed by atoms with van der Waals surface area (Å²) < 4.78 is 1.98. The normalized spacial score (nSPS) is 11.0. The molecule has 0 saturated heterocycles. The van der Waals surface area contributed by atoms with Gasteiger partial charge in [-0.2, -0.15) is 5.10 Å². The summed E-state index contributed by atoms with van der Waals surface area (Å²) in [6, 6.07) is 11.4. The molecule has 3 nitrogen and oxygen atoms in total. The third-order valence-electron chi connectivity index (χ3n) is 2.09. The van der Waals surface area contributed by atoms with Gasteiger partial charge in [0, 0.05) is 16.9 Å². The van der Waals surface area contributed by atoms with Crippen molar-refractivity contribution in [2.45, 2.75) is 0 Å². The average Bonchev–Trinajstić information content (AvgIpc) is 2.68. The van der Waals surface area contributed by atoms with E-state index < -0.39 is 0 Å². The lowest BCUT2D eigenvalue weighted by Gasteiger charge is -2.05. The largest absolute Gasteiger partial charge is 0.323 e. The van der Waals surface area contributed by atoms with Gasteiger partial charge in [-0.3, -0.25) is 0 Å². The van der Waals surface area contributed by atoms with Gasteiger partial charge in [0.15, 0.2) is 0 Å². The summed E-state index contributed by atoms with van der Waals surface area (Å²) in [5.41, 5.74) is 1.96. The van der Waals surface area contributed by atoms with Gasteiger partial charge in [-0.1, -0.05) is 11.6 Å². The van der Waals surface area contributed by atoms with E-state index in [0.29, 0.717) is 0 Å². The molecule has 0 amide bonds. The zero-order chi connectivity index (χ0) is 10.7.